The molecule has 0 saturated carbocycles. The van der Waals surface area contributed by atoms with Gasteiger partial charge >= 0.3 is 136 Å². The average molecular weight is 727 g/mol. The van der Waals surface area contributed by atoms with E-state index in [1.807, 2.05) is 0 Å². The van der Waals surface area contributed by atoms with Crippen LogP contribution in [0.3, 0.4) is 0 Å². The number of amides is 3. The van der Waals surface area contributed by atoms with Crippen LogP contribution in [0.25, 0.3) is 0 Å². The van der Waals surface area contributed by atoms with Crippen LogP contribution in [0, 0.1) is 5.92 Å². The summed E-state index contributed by atoms with van der Waals surface area (Å²) < 4.78 is 91.6. The molecule has 0 radical (unpaired) electrons. The summed E-state index contributed by atoms with van der Waals surface area (Å²) in [6.45, 7) is 9.10. The number of carbonyl (C=O) groups excluding carboxylic acids is 3. The molecule has 22 heteroatoms. The molecule has 3 amide bonds. The molecule has 0 aromatic rings. The van der Waals surface area contributed by atoms with Crippen LogP contribution < -0.4 is 16.0 Å². The van der Waals surface area contributed by atoms with E-state index >= 15 is 0 Å². The molecule has 15 nitrogen and oxygen atoms in total. The fourth-order valence-electron chi connectivity index (χ4n) is 2.21. The second-order valence-corrected chi connectivity index (χ2v) is 12.6. The predicted molar refractivity (Wildman–Crippen MR) is 150 cm³/mol. The molecule has 0 aromatic carbocycles. The number of hydrogen-bond acceptors (Lipinski definition) is 12. The number of carbonyl (C=O) groups is 3. The maximum atomic E-state index is 10.4. The third kappa shape index (κ3) is 60.0. The van der Waals surface area contributed by atoms with Crippen molar-refractivity contribution in [3.63, 3.8) is 0 Å². The van der Waals surface area contributed by atoms with E-state index < -0.39 is 47.6 Å². The van der Waals surface area contributed by atoms with Crippen LogP contribution in [0.1, 0.15) is 54.4 Å². The van der Waals surface area contributed by atoms with Gasteiger partial charge in [-0.1, -0.05) is 6.92 Å². The Balaban J connectivity index is -0.0000000778. The standard InChI is InChI=1S/3C6H13NO4S.3Ca.Mg/c1-5(3-7-6(2)8)4-12(9,10)11;2*1-5(7-6(2)8)3-4-12(9,10)11;;;;/h3*5H,3-4H2,1-2H3,(H,7,8)(H,9,10,11);;;;/q;;;4*+2/p-3. The van der Waals surface area contributed by atoms with Crippen LogP contribution in [0.5, 0.6) is 0 Å². The van der Waals surface area contributed by atoms with E-state index in [2.05, 4.69) is 16.0 Å². The summed E-state index contributed by atoms with van der Waals surface area (Å²) in [5, 5.41) is 7.37. The van der Waals surface area contributed by atoms with Gasteiger partial charge in [0, 0.05) is 56.7 Å². The van der Waals surface area contributed by atoms with Gasteiger partial charge in [0.15, 0.2) is 0 Å². The molecule has 3 N–H and O–H groups in total. The molecule has 0 spiro atoms. The molecule has 3 atom stereocenters. The minimum atomic E-state index is -4.17. The van der Waals surface area contributed by atoms with E-state index in [1.165, 1.54) is 20.8 Å². The number of hydrogen-bond donors (Lipinski definition) is 3. The molecule has 0 aliphatic rings. The van der Waals surface area contributed by atoms with Gasteiger partial charge in [-0.3, -0.25) is 14.4 Å². The first kappa shape index (κ1) is 58.2. The molecule has 0 aliphatic heterocycles. The van der Waals surface area contributed by atoms with Crippen LogP contribution in [0.2, 0.25) is 0 Å². The summed E-state index contributed by atoms with van der Waals surface area (Å²) in [6, 6.07) is -0.544. The van der Waals surface area contributed by atoms with Gasteiger partial charge in [0.05, 0.1) is 30.4 Å². The molecule has 0 rings (SSSR count). The Morgan fingerprint density at radius 2 is 0.925 bits per heavy atom. The van der Waals surface area contributed by atoms with Crippen molar-refractivity contribution in [1.82, 2.24) is 16.0 Å². The third-order valence-electron chi connectivity index (χ3n) is 3.69. The Hall–Kier alpha value is 2.69. The van der Waals surface area contributed by atoms with Crippen molar-refractivity contribution in [2.45, 2.75) is 66.5 Å². The van der Waals surface area contributed by atoms with Gasteiger partial charge in [0.2, 0.25) is 17.7 Å². The maximum absolute atomic E-state index is 10.4. The van der Waals surface area contributed by atoms with E-state index in [0.717, 1.165) is 0 Å². The monoisotopic (exact) mass is 726 g/mol. The molecule has 0 aliphatic carbocycles. The van der Waals surface area contributed by atoms with E-state index in [4.69, 9.17) is 0 Å². The Morgan fingerprint density at radius 3 is 1.12 bits per heavy atom. The first-order chi connectivity index (χ1) is 15.9. The summed E-state index contributed by atoms with van der Waals surface area (Å²) >= 11 is 0. The van der Waals surface area contributed by atoms with E-state index in [0.29, 0.717) is 0 Å². The van der Waals surface area contributed by atoms with Crippen LogP contribution in [0.4, 0.5) is 0 Å². The second kappa shape index (κ2) is 30.3. The molecule has 0 aromatic heterocycles. The van der Waals surface area contributed by atoms with Crippen LogP contribution >= 0.6 is 0 Å². The third-order valence-corrected chi connectivity index (χ3v) is 6.14. The Bertz CT molecular complexity index is 964. The molecule has 0 fully saturated rings. The largest absolute Gasteiger partial charge is 2.00 e. The summed E-state index contributed by atoms with van der Waals surface area (Å²) in [5.41, 5.74) is 0. The summed E-state index contributed by atoms with van der Waals surface area (Å²) in [7, 11) is -12.5. The van der Waals surface area contributed by atoms with Gasteiger partial charge in [-0.05, 0) is 32.6 Å². The van der Waals surface area contributed by atoms with Crippen molar-refractivity contribution >= 4 is 184 Å². The quantitative estimate of drug-likeness (QED) is 0.132. The predicted octanol–water partition coefficient (Wildman–Crippen LogP) is -3.33. The van der Waals surface area contributed by atoms with Gasteiger partial charge in [-0.15, -0.1) is 0 Å². The SMILES string of the molecule is CC(=O)NC(C)CCS(=O)(=O)[O-].CC(=O)NC(C)CCS(=O)(=O)[O-].CC(=O)NCC(C)CS(=O)(=O)[O-].[Ca+2].[Ca+2].[Ca+2].[Mg+2]. The van der Waals surface area contributed by atoms with E-state index in [-0.39, 0.29) is 191 Å². The fraction of sp³-hybridized carbons (Fsp3) is 0.833. The van der Waals surface area contributed by atoms with Crippen molar-refractivity contribution in [2.75, 3.05) is 23.8 Å². The molecule has 0 heterocycles. The van der Waals surface area contributed by atoms with E-state index in [9.17, 15) is 53.3 Å². The van der Waals surface area contributed by atoms with Crippen LogP contribution in [-0.4, -0.2) is 229 Å². The molecule has 216 valence electrons. The molecule has 40 heavy (non-hydrogen) atoms. The fourth-order valence-corrected chi connectivity index (χ4v) is 4.31. The molecule has 0 saturated heterocycles. The minimum absolute atomic E-state index is 0. The van der Waals surface area contributed by atoms with Gasteiger partial charge < -0.3 is 29.6 Å². The zero-order valence-electron chi connectivity index (χ0n) is 23.9. The summed E-state index contributed by atoms with van der Waals surface area (Å²) in [5.74, 6) is -2.34. The molecular formula is C18H36Ca3MgN3O12S3+5. The zero-order valence-corrected chi connectivity index (χ0v) is 34.4. The average Bonchev–Trinajstić information content (AvgIpc) is 2.61. The first-order valence-corrected chi connectivity index (χ1v) is 15.3. The van der Waals surface area contributed by atoms with Crippen molar-refractivity contribution < 1.29 is 53.3 Å². The Kier molecular flexibility index (Phi) is 44.2. The Labute approximate surface area is 344 Å². The minimum Gasteiger partial charge on any atom is -0.748 e. The number of nitrogens with one attached hydrogen (secondary N) is 3. The smallest absolute Gasteiger partial charge is 0.748 e. The molecule has 0 bridgehead atoms. The summed E-state index contributed by atoms with van der Waals surface area (Å²) in [4.78, 5) is 31.3. The topological polar surface area (TPSA) is 259 Å². The first-order valence-electron chi connectivity index (χ1n) is 10.5. The van der Waals surface area contributed by atoms with Crippen LogP contribution in [0.15, 0.2) is 0 Å². The maximum Gasteiger partial charge on any atom is 2.00 e. The van der Waals surface area contributed by atoms with Crippen molar-refractivity contribution in [1.29, 1.82) is 0 Å². The van der Waals surface area contributed by atoms with Gasteiger partial charge in [0.25, 0.3) is 0 Å². The van der Waals surface area contributed by atoms with Crippen molar-refractivity contribution in [3.05, 3.63) is 0 Å². The Morgan fingerprint density at radius 1 is 0.625 bits per heavy atom. The van der Waals surface area contributed by atoms with E-state index in [1.54, 1.807) is 20.8 Å². The van der Waals surface area contributed by atoms with Crippen molar-refractivity contribution in [2.24, 2.45) is 5.92 Å². The normalized spacial score (nSPS) is 12.5. The summed E-state index contributed by atoms with van der Waals surface area (Å²) in [6.07, 6.45) is 0.316. The van der Waals surface area contributed by atoms with Crippen molar-refractivity contribution in [3.8, 4) is 0 Å². The van der Waals surface area contributed by atoms with Gasteiger partial charge in [0.1, 0.15) is 0 Å². The zero-order chi connectivity index (χ0) is 29.3. The number of rotatable bonds is 12. The second-order valence-electron chi connectivity index (χ2n) is 8.07. The van der Waals surface area contributed by atoms with Gasteiger partial charge in [-0.2, -0.15) is 0 Å². The van der Waals surface area contributed by atoms with Crippen LogP contribution in [-0.2, 0) is 44.7 Å². The van der Waals surface area contributed by atoms with Gasteiger partial charge in [-0.25, -0.2) is 25.3 Å². The molecular weight excluding hydrogens is 691 g/mol. The molecule has 3 unspecified atom stereocenters.